The molecule has 2 aromatic heterocycles. The predicted octanol–water partition coefficient (Wildman–Crippen LogP) is 1.30. The Morgan fingerprint density at radius 3 is 2.84 bits per heavy atom. The predicted molar refractivity (Wildman–Crippen MR) is 65.2 cm³/mol. The Bertz CT molecular complexity index is 569. The third-order valence-corrected chi connectivity index (χ3v) is 3.53. The number of nitrogens with zero attached hydrogens (tertiary/aromatic N) is 3. The van der Waals surface area contributed by atoms with Gasteiger partial charge >= 0.3 is 0 Å². The van der Waals surface area contributed by atoms with Crippen molar-refractivity contribution < 1.29 is 9.32 Å². The van der Waals surface area contributed by atoms with Crippen LogP contribution in [0.3, 0.4) is 0 Å². The van der Waals surface area contributed by atoms with E-state index in [1.165, 1.54) is 6.20 Å². The van der Waals surface area contributed by atoms with Crippen molar-refractivity contribution in [3.8, 4) is 0 Å². The number of carbonyl (C=O) groups excluding carboxylic acids is 1. The number of carbonyl (C=O) groups is 1. The van der Waals surface area contributed by atoms with Gasteiger partial charge in [-0.05, 0) is 12.8 Å². The summed E-state index contributed by atoms with van der Waals surface area (Å²) in [5.41, 5.74) is -0.00181. The Kier molecular flexibility index (Phi) is 2.81. The molecule has 100 valence electrons. The van der Waals surface area contributed by atoms with Gasteiger partial charge in [0.05, 0.1) is 11.8 Å². The Balaban J connectivity index is 1.87. The van der Waals surface area contributed by atoms with E-state index < -0.39 is 5.54 Å². The summed E-state index contributed by atoms with van der Waals surface area (Å²) < 4.78 is 5.04. The van der Waals surface area contributed by atoms with Gasteiger partial charge in [0, 0.05) is 13.1 Å². The summed E-state index contributed by atoms with van der Waals surface area (Å²) in [6, 6.07) is 0. The van der Waals surface area contributed by atoms with Crippen molar-refractivity contribution >= 4 is 5.91 Å². The van der Waals surface area contributed by atoms with Gasteiger partial charge in [0.25, 0.3) is 5.91 Å². The van der Waals surface area contributed by atoms with Gasteiger partial charge in [-0.1, -0.05) is 18.0 Å². The van der Waals surface area contributed by atoms with Gasteiger partial charge in [0.2, 0.25) is 5.89 Å². The van der Waals surface area contributed by atoms with E-state index in [9.17, 15) is 4.79 Å². The molecule has 0 radical (unpaired) electrons. The topological polar surface area (TPSA) is 96.7 Å². The maximum absolute atomic E-state index is 12.2. The molecule has 1 fully saturated rings. The molecular formula is C12H15N5O2. The van der Waals surface area contributed by atoms with E-state index in [0.717, 1.165) is 25.7 Å². The van der Waals surface area contributed by atoms with E-state index in [2.05, 4.69) is 25.7 Å². The Labute approximate surface area is 109 Å². The SMILES string of the molecule is Cc1nc(C2(NC(=O)c3cn[nH]c3)CCCC2)no1. The lowest BCUT2D eigenvalue weighted by molar-refractivity contribution is 0.0892. The van der Waals surface area contributed by atoms with Gasteiger partial charge < -0.3 is 9.84 Å². The van der Waals surface area contributed by atoms with Gasteiger partial charge in [-0.3, -0.25) is 9.89 Å². The highest BCUT2D eigenvalue weighted by Crippen LogP contribution is 2.37. The summed E-state index contributed by atoms with van der Waals surface area (Å²) in [6.07, 6.45) is 6.81. The van der Waals surface area contributed by atoms with Crippen molar-refractivity contribution in [2.75, 3.05) is 0 Å². The van der Waals surface area contributed by atoms with Crippen LogP contribution < -0.4 is 5.32 Å². The molecule has 19 heavy (non-hydrogen) atoms. The molecule has 0 saturated heterocycles. The first-order chi connectivity index (χ1) is 9.20. The molecule has 1 saturated carbocycles. The summed E-state index contributed by atoms with van der Waals surface area (Å²) in [7, 11) is 0. The molecule has 0 unspecified atom stereocenters. The number of nitrogens with one attached hydrogen (secondary N) is 2. The highest BCUT2D eigenvalue weighted by Gasteiger charge is 2.41. The van der Waals surface area contributed by atoms with E-state index >= 15 is 0 Å². The Hall–Kier alpha value is -2.18. The van der Waals surface area contributed by atoms with Crippen LogP contribution in [0.5, 0.6) is 0 Å². The molecular weight excluding hydrogens is 246 g/mol. The lowest BCUT2D eigenvalue weighted by Gasteiger charge is -2.26. The van der Waals surface area contributed by atoms with Gasteiger partial charge in [-0.15, -0.1) is 0 Å². The number of hydrogen-bond donors (Lipinski definition) is 2. The molecule has 2 N–H and O–H groups in total. The van der Waals surface area contributed by atoms with E-state index in [0.29, 0.717) is 17.3 Å². The first-order valence-corrected chi connectivity index (χ1v) is 6.32. The van der Waals surface area contributed by atoms with Crippen molar-refractivity contribution in [2.24, 2.45) is 0 Å². The fourth-order valence-corrected chi connectivity index (χ4v) is 2.54. The smallest absolute Gasteiger partial charge is 0.255 e. The minimum Gasteiger partial charge on any atom is -0.340 e. The number of aryl methyl sites for hydroxylation is 1. The zero-order valence-corrected chi connectivity index (χ0v) is 10.6. The van der Waals surface area contributed by atoms with Crippen molar-refractivity contribution in [1.82, 2.24) is 25.7 Å². The first kappa shape index (κ1) is 11.9. The second-order valence-electron chi connectivity index (χ2n) is 4.87. The fourth-order valence-electron chi connectivity index (χ4n) is 2.54. The maximum Gasteiger partial charge on any atom is 0.255 e. The average molecular weight is 261 g/mol. The maximum atomic E-state index is 12.2. The minimum absolute atomic E-state index is 0.168. The molecule has 1 aliphatic carbocycles. The average Bonchev–Trinajstić information content (AvgIpc) is 3.08. The van der Waals surface area contributed by atoms with E-state index in [1.807, 2.05) is 0 Å². The number of rotatable bonds is 3. The lowest BCUT2D eigenvalue weighted by atomic mass is 9.96. The highest BCUT2D eigenvalue weighted by molar-refractivity contribution is 5.94. The molecule has 0 atom stereocenters. The molecule has 1 amide bonds. The normalized spacial score (nSPS) is 17.5. The number of H-pyrrole nitrogens is 1. The summed E-state index contributed by atoms with van der Waals surface area (Å²) in [5.74, 6) is 0.913. The molecule has 0 aromatic carbocycles. The molecule has 0 aliphatic heterocycles. The van der Waals surface area contributed by atoms with Crippen LogP contribution >= 0.6 is 0 Å². The minimum atomic E-state index is -0.508. The Morgan fingerprint density at radius 1 is 1.47 bits per heavy atom. The van der Waals surface area contributed by atoms with Crippen LogP contribution in [0.1, 0.15) is 47.8 Å². The van der Waals surface area contributed by atoms with Gasteiger partial charge in [0.1, 0.15) is 5.54 Å². The largest absolute Gasteiger partial charge is 0.340 e. The fraction of sp³-hybridized carbons (Fsp3) is 0.500. The monoisotopic (exact) mass is 261 g/mol. The standard InChI is InChI=1S/C12H15N5O2/c1-8-15-11(17-19-8)12(4-2-3-5-12)16-10(18)9-6-13-14-7-9/h6-7H,2-5H2,1H3,(H,13,14)(H,16,18). The second kappa shape index (κ2) is 4.49. The molecule has 0 spiro atoms. The molecule has 0 bridgehead atoms. The lowest BCUT2D eigenvalue weighted by Crippen LogP contribution is -2.44. The zero-order valence-electron chi connectivity index (χ0n) is 10.6. The second-order valence-corrected chi connectivity index (χ2v) is 4.87. The van der Waals surface area contributed by atoms with E-state index in [-0.39, 0.29) is 5.91 Å². The van der Waals surface area contributed by atoms with Crippen molar-refractivity contribution in [3.05, 3.63) is 29.7 Å². The van der Waals surface area contributed by atoms with Crippen LogP contribution in [0.25, 0.3) is 0 Å². The number of hydrogen-bond acceptors (Lipinski definition) is 5. The van der Waals surface area contributed by atoms with E-state index in [4.69, 9.17) is 4.52 Å². The molecule has 2 heterocycles. The first-order valence-electron chi connectivity index (χ1n) is 6.32. The van der Waals surface area contributed by atoms with Crippen molar-refractivity contribution in [3.63, 3.8) is 0 Å². The quantitative estimate of drug-likeness (QED) is 0.868. The molecule has 3 rings (SSSR count). The van der Waals surface area contributed by atoms with Crippen LogP contribution in [-0.4, -0.2) is 26.2 Å². The summed E-state index contributed by atoms with van der Waals surface area (Å²) >= 11 is 0. The van der Waals surface area contributed by atoms with Gasteiger partial charge in [-0.25, -0.2) is 0 Å². The summed E-state index contributed by atoms with van der Waals surface area (Å²) in [4.78, 5) is 16.5. The zero-order chi connectivity index (χ0) is 13.3. The Morgan fingerprint density at radius 2 is 2.26 bits per heavy atom. The van der Waals surface area contributed by atoms with Crippen LogP contribution in [0, 0.1) is 6.92 Å². The number of aromatic amines is 1. The van der Waals surface area contributed by atoms with Crippen LogP contribution in [-0.2, 0) is 5.54 Å². The number of aromatic nitrogens is 4. The molecule has 7 nitrogen and oxygen atoms in total. The summed E-state index contributed by atoms with van der Waals surface area (Å²) in [6.45, 7) is 1.75. The van der Waals surface area contributed by atoms with Crippen molar-refractivity contribution in [2.45, 2.75) is 38.1 Å². The molecule has 7 heteroatoms. The third-order valence-electron chi connectivity index (χ3n) is 3.53. The van der Waals surface area contributed by atoms with E-state index in [1.54, 1.807) is 13.1 Å². The van der Waals surface area contributed by atoms with Crippen LogP contribution in [0.4, 0.5) is 0 Å². The molecule has 2 aromatic rings. The molecule has 1 aliphatic rings. The van der Waals surface area contributed by atoms with Gasteiger partial charge in [0.15, 0.2) is 5.82 Å². The van der Waals surface area contributed by atoms with Crippen LogP contribution in [0.15, 0.2) is 16.9 Å². The highest BCUT2D eigenvalue weighted by atomic mass is 16.5. The third kappa shape index (κ3) is 2.11. The van der Waals surface area contributed by atoms with Crippen LogP contribution in [0.2, 0.25) is 0 Å². The van der Waals surface area contributed by atoms with Crippen molar-refractivity contribution in [1.29, 1.82) is 0 Å². The van der Waals surface area contributed by atoms with Gasteiger partial charge in [-0.2, -0.15) is 10.1 Å². The number of amides is 1. The summed E-state index contributed by atoms with van der Waals surface area (Å²) in [5, 5.41) is 13.4.